The maximum Gasteiger partial charge on any atom is 0.163 e. The highest BCUT2D eigenvalue weighted by Crippen LogP contribution is 2.36. The molecule has 0 spiro atoms. The largest absolute Gasteiger partial charge is 0.378 e. The van der Waals surface area contributed by atoms with E-state index in [9.17, 15) is 4.39 Å². The van der Waals surface area contributed by atoms with Gasteiger partial charge in [-0.05, 0) is 36.8 Å². The number of morpholine rings is 1. The zero-order valence-electron chi connectivity index (χ0n) is 19.1. The van der Waals surface area contributed by atoms with Crippen LogP contribution in [0.2, 0.25) is 0 Å². The molecule has 0 radical (unpaired) electrons. The fourth-order valence-electron chi connectivity index (χ4n) is 4.76. The van der Waals surface area contributed by atoms with E-state index >= 15 is 4.39 Å². The van der Waals surface area contributed by atoms with Gasteiger partial charge in [0.25, 0.3) is 0 Å². The third-order valence-corrected chi connectivity index (χ3v) is 6.35. The van der Waals surface area contributed by atoms with E-state index in [0.717, 1.165) is 54.2 Å². The molecule has 1 aliphatic heterocycles. The molecule has 2 aromatic carbocycles. The number of fused-ring (bicyclic) bond motifs is 2. The Morgan fingerprint density at radius 2 is 1.89 bits per heavy atom. The second-order valence-electron chi connectivity index (χ2n) is 8.49. The lowest BCUT2D eigenvalue weighted by atomic mass is 10.1. The molecule has 0 bridgehead atoms. The number of pyridine rings is 1. The van der Waals surface area contributed by atoms with Crippen LogP contribution in [-0.4, -0.2) is 56.0 Å². The first kappa shape index (κ1) is 21.6. The number of aromatic nitrogens is 6. The van der Waals surface area contributed by atoms with Crippen molar-refractivity contribution in [3.05, 3.63) is 60.3 Å². The number of nitrogens with zero attached hydrogens (tertiary/aromatic N) is 6. The average molecular weight is 476 g/mol. The maximum atomic E-state index is 15.1. The van der Waals surface area contributed by atoms with Crippen LogP contribution in [0.3, 0.4) is 0 Å². The molecule has 0 atom stereocenters. The molecule has 0 amide bonds. The fraction of sp³-hybridized carbons (Fsp3) is 0.280. The van der Waals surface area contributed by atoms with Gasteiger partial charge in [0, 0.05) is 37.0 Å². The van der Waals surface area contributed by atoms with Gasteiger partial charge in [0.2, 0.25) is 0 Å². The van der Waals surface area contributed by atoms with Crippen molar-refractivity contribution >= 4 is 27.6 Å². The molecule has 0 unspecified atom stereocenters. The number of aromatic amines is 1. The number of imidazole rings is 1. The van der Waals surface area contributed by atoms with Gasteiger partial charge in [-0.25, -0.2) is 13.8 Å². The van der Waals surface area contributed by atoms with Gasteiger partial charge in [0.15, 0.2) is 5.82 Å². The van der Waals surface area contributed by atoms with Crippen molar-refractivity contribution in [2.45, 2.75) is 19.8 Å². The van der Waals surface area contributed by atoms with Crippen LogP contribution in [-0.2, 0) is 11.2 Å². The second kappa shape index (κ2) is 8.70. The van der Waals surface area contributed by atoms with E-state index in [1.54, 1.807) is 6.07 Å². The van der Waals surface area contributed by atoms with E-state index in [-0.39, 0.29) is 10.9 Å². The molecule has 35 heavy (non-hydrogen) atoms. The Balaban J connectivity index is 1.70. The van der Waals surface area contributed by atoms with Gasteiger partial charge in [-0.2, -0.15) is 0 Å². The van der Waals surface area contributed by atoms with Crippen LogP contribution >= 0.6 is 0 Å². The first-order chi connectivity index (χ1) is 17.2. The third kappa shape index (κ3) is 3.61. The third-order valence-electron chi connectivity index (χ3n) is 6.35. The monoisotopic (exact) mass is 475 g/mol. The number of rotatable bonds is 5. The molecule has 0 saturated carbocycles. The Bertz CT molecular complexity index is 1520. The summed E-state index contributed by atoms with van der Waals surface area (Å²) < 4.78 is 37.2. The Morgan fingerprint density at radius 1 is 1.06 bits per heavy atom. The van der Waals surface area contributed by atoms with E-state index in [4.69, 9.17) is 9.72 Å². The number of ether oxygens (including phenoxy) is 1. The van der Waals surface area contributed by atoms with E-state index < -0.39 is 11.6 Å². The quantitative estimate of drug-likeness (QED) is 0.405. The van der Waals surface area contributed by atoms with Crippen molar-refractivity contribution in [1.29, 1.82) is 0 Å². The zero-order chi connectivity index (χ0) is 23.9. The van der Waals surface area contributed by atoms with E-state index in [1.165, 1.54) is 12.5 Å². The van der Waals surface area contributed by atoms with Gasteiger partial charge in [-0.1, -0.05) is 6.92 Å². The van der Waals surface area contributed by atoms with Gasteiger partial charge in [-0.3, -0.25) is 9.55 Å². The summed E-state index contributed by atoms with van der Waals surface area (Å²) >= 11 is 0. The Hall–Kier alpha value is -3.92. The molecule has 1 fully saturated rings. The molecular formula is C25H23F2N7O. The van der Waals surface area contributed by atoms with Crippen LogP contribution in [0.5, 0.6) is 0 Å². The Labute approximate surface area is 199 Å². The van der Waals surface area contributed by atoms with Crippen LogP contribution in [0.4, 0.5) is 14.5 Å². The van der Waals surface area contributed by atoms with E-state index in [1.807, 2.05) is 10.6 Å². The van der Waals surface area contributed by atoms with Gasteiger partial charge >= 0.3 is 0 Å². The molecule has 178 valence electrons. The van der Waals surface area contributed by atoms with Crippen molar-refractivity contribution in [1.82, 2.24) is 29.7 Å². The topological polar surface area (TPSA) is 84.8 Å². The molecular weight excluding hydrogens is 452 g/mol. The van der Waals surface area contributed by atoms with Gasteiger partial charge in [-0.15, -0.1) is 10.2 Å². The summed E-state index contributed by atoms with van der Waals surface area (Å²) in [6.07, 6.45) is 4.52. The first-order valence-corrected chi connectivity index (χ1v) is 11.6. The highest BCUT2D eigenvalue weighted by Gasteiger charge is 2.23. The number of aryl methyl sites for hydroxylation is 1. The van der Waals surface area contributed by atoms with Crippen LogP contribution in [0.15, 0.2) is 42.9 Å². The lowest BCUT2D eigenvalue weighted by Gasteiger charge is -2.29. The number of hydrogen-bond donors (Lipinski definition) is 1. The molecule has 5 aromatic rings. The predicted octanol–water partition coefficient (Wildman–Crippen LogP) is 4.43. The van der Waals surface area contributed by atoms with E-state index in [0.29, 0.717) is 36.7 Å². The Morgan fingerprint density at radius 3 is 2.66 bits per heavy atom. The van der Waals surface area contributed by atoms with Gasteiger partial charge < -0.3 is 14.6 Å². The molecule has 8 nitrogen and oxygen atoms in total. The number of halogens is 2. The smallest absolute Gasteiger partial charge is 0.163 e. The van der Waals surface area contributed by atoms with Crippen LogP contribution in [0.25, 0.3) is 39.0 Å². The van der Waals surface area contributed by atoms with Crippen molar-refractivity contribution < 1.29 is 13.5 Å². The van der Waals surface area contributed by atoms with Crippen molar-refractivity contribution in [3.8, 4) is 17.1 Å². The normalized spacial score (nSPS) is 14.3. The highest BCUT2D eigenvalue weighted by molar-refractivity contribution is 5.97. The fourth-order valence-corrected chi connectivity index (χ4v) is 4.76. The van der Waals surface area contributed by atoms with Gasteiger partial charge in [0.1, 0.15) is 34.8 Å². The molecule has 0 aliphatic carbocycles. The number of nitrogens with one attached hydrogen (secondary N) is 1. The molecule has 3 aromatic heterocycles. The summed E-state index contributed by atoms with van der Waals surface area (Å²) in [6.45, 7) is 4.82. The summed E-state index contributed by atoms with van der Waals surface area (Å²) in [4.78, 5) is 14.4. The summed E-state index contributed by atoms with van der Waals surface area (Å²) in [5, 5.41) is 8.33. The summed E-state index contributed by atoms with van der Waals surface area (Å²) in [5.41, 5.74) is 3.75. The van der Waals surface area contributed by atoms with Gasteiger partial charge in [0.05, 0.1) is 29.8 Å². The first-order valence-electron chi connectivity index (χ1n) is 11.6. The van der Waals surface area contributed by atoms with E-state index in [2.05, 4.69) is 38.1 Å². The van der Waals surface area contributed by atoms with Crippen LogP contribution in [0, 0.1) is 11.6 Å². The molecule has 4 heterocycles. The lowest BCUT2D eigenvalue weighted by Crippen LogP contribution is -2.36. The standard InChI is InChI=1S/C25H23F2N7O/c1-2-3-21-31-23-16(25-29-14-30-32-25)12-15(33-8-10-35-11-9-33)13-20(23)34(21)19-6-7-28-24-18(27)5-4-17(26)22(19)24/h4-7,12-14H,2-3,8-11H2,1H3,(H,29,30,32). The van der Waals surface area contributed by atoms with Crippen molar-refractivity contribution in [2.75, 3.05) is 31.2 Å². The average Bonchev–Trinajstić information content (AvgIpc) is 3.54. The summed E-state index contributed by atoms with van der Waals surface area (Å²) in [6, 6.07) is 8.05. The predicted molar refractivity (Wildman–Crippen MR) is 129 cm³/mol. The minimum absolute atomic E-state index is 0.00779. The van der Waals surface area contributed by atoms with Crippen molar-refractivity contribution in [3.63, 3.8) is 0 Å². The molecule has 1 aliphatic rings. The number of benzene rings is 2. The molecule has 6 rings (SSSR count). The zero-order valence-corrected chi connectivity index (χ0v) is 19.1. The molecule has 1 saturated heterocycles. The molecule has 10 heteroatoms. The lowest BCUT2D eigenvalue weighted by molar-refractivity contribution is 0.122. The SMILES string of the molecule is CCCc1nc2c(-c3nnc[nH]3)cc(N3CCOCC3)cc2n1-c1ccnc2c(F)ccc(F)c12. The minimum atomic E-state index is -0.568. The Kier molecular flexibility index (Phi) is 5.37. The number of H-pyrrole nitrogens is 1. The second-order valence-corrected chi connectivity index (χ2v) is 8.49. The number of hydrogen-bond acceptors (Lipinski definition) is 6. The maximum absolute atomic E-state index is 15.1. The number of anilines is 1. The van der Waals surface area contributed by atoms with Crippen molar-refractivity contribution in [2.24, 2.45) is 0 Å². The molecule has 1 N–H and O–H groups in total. The van der Waals surface area contributed by atoms with Crippen LogP contribution in [0.1, 0.15) is 19.2 Å². The van der Waals surface area contributed by atoms with Crippen LogP contribution < -0.4 is 4.90 Å². The summed E-state index contributed by atoms with van der Waals surface area (Å²) in [5.74, 6) is 0.239. The summed E-state index contributed by atoms with van der Waals surface area (Å²) in [7, 11) is 0. The minimum Gasteiger partial charge on any atom is -0.378 e. The highest BCUT2D eigenvalue weighted by atomic mass is 19.1.